The number of hydrogen-bond donors (Lipinski definition) is 3. The molecular formula is C26H45N3O2. The van der Waals surface area contributed by atoms with Gasteiger partial charge in [0.1, 0.15) is 6.04 Å². The Morgan fingerprint density at radius 2 is 1.90 bits per heavy atom. The predicted molar refractivity (Wildman–Crippen MR) is 127 cm³/mol. The summed E-state index contributed by atoms with van der Waals surface area (Å²) in [6, 6.07) is 0.00356. The molecule has 31 heavy (non-hydrogen) atoms. The van der Waals surface area contributed by atoms with Gasteiger partial charge in [-0.2, -0.15) is 4.91 Å². The van der Waals surface area contributed by atoms with Crippen LogP contribution in [0.1, 0.15) is 79.1 Å². The first kappa shape index (κ1) is 23.4. The summed E-state index contributed by atoms with van der Waals surface area (Å²) in [5.74, 6) is 1.43. The quantitative estimate of drug-likeness (QED) is 0.312. The van der Waals surface area contributed by atoms with Crippen LogP contribution in [0.25, 0.3) is 0 Å². The van der Waals surface area contributed by atoms with Gasteiger partial charge in [0, 0.05) is 19.1 Å². The maximum absolute atomic E-state index is 12.2. The van der Waals surface area contributed by atoms with Gasteiger partial charge in [-0.05, 0) is 99.3 Å². The van der Waals surface area contributed by atoms with Crippen LogP contribution in [0, 0.1) is 39.4 Å². The summed E-state index contributed by atoms with van der Waals surface area (Å²) >= 11 is 0. The number of rotatable bonds is 7. The maximum atomic E-state index is 12.2. The highest BCUT2D eigenvalue weighted by Gasteiger charge is 2.64. The van der Waals surface area contributed by atoms with E-state index in [0.717, 1.165) is 51.7 Å². The topological polar surface area (TPSA) is 73.7 Å². The Hall–Kier alpha value is -0.780. The molecule has 0 aromatic heterocycles. The zero-order valence-corrected chi connectivity index (χ0v) is 20.2. The molecule has 4 fully saturated rings. The minimum atomic E-state index is -0.594. The third-order valence-electron chi connectivity index (χ3n) is 10.2. The lowest BCUT2D eigenvalue weighted by atomic mass is 9.43. The molecule has 0 amide bonds. The first-order chi connectivity index (χ1) is 14.9. The molecule has 0 aromatic carbocycles. The van der Waals surface area contributed by atoms with Crippen molar-refractivity contribution in [1.82, 2.24) is 10.6 Å². The van der Waals surface area contributed by atoms with Gasteiger partial charge in [0.2, 0.25) is 0 Å². The van der Waals surface area contributed by atoms with Gasteiger partial charge in [-0.25, -0.2) is 0 Å². The highest BCUT2D eigenvalue weighted by atomic mass is 16.3. The number of aliphatic hydroxyl groups excluding tert-OH is 1. The first-order valence-corrected chi connectivity index (χ1v) is 13.0. The Morgan fingerprint density at radius 1 is 1.10 bits per heavy atom. The minimum Gasteiger partial charge on any atom is -0.390 e. The van der Waals surface area contributed by atoms with Crippen molar-refractivity contribution in [1.29, 1.82) is 0 Å². The average molecular weight is 432 g/mol. The maximum Gasteiger partial charge on any atom is 0.121 e. The minimum absolute atomic E-state index is 0.129. The van der Waals surface area contributed by atoms with Crippen molar-refractivity contribution in [2.75, 3.05) is 19.6 Å². The van der Waals surface area contributed by atoms with Crippen LogP contribution in [0.5, 0.6) is 0 Å². The number of hydrogen-bond acceptors (Lipinski definition) is 5. The number of nitrogens with zero attached hydrogens (tertiary/aromatic N) is 1. The molecule has 4 aliphatic rings. The fourth-order valence-electron chi connectivity index (χ4n) is 8.57. The first-order valence-electron chi connectivity index (χ1n) is 13.0. The lowest BCUT2D eigenvalue weighted by molar-refractivity contribution is -0.164. The van der Waals surface area contributed by atoms with Crippen molar-refractivity contribution in [2.24, 2.45) is 39.7 Å². The van der Waals surface area contributed by atoms with E-state index in [0.29, 0.717) is 17.9 Å². The molecule has 0 spiro atoms. The second-order valence-corrected chi connectivity index (χ2v) is 11.5. The molecule has 4 rings (SSSR count). The lowest BCUT2D eigenvalue weighted by Crippen LogP contribution is -2.64. The van der Waals surface area contributed by atoms with E-state index in [-0.39, 0.29) is 22.7 Å². The van der Waals surface area contributed by atoms with Gasteiger partial charge < -0.3 is 15.7 Å². The normalized spacial score (nSPS) is 48.2. The van der Waals surface area contributed by atoms with Gasteiger partial charge in [-0.3, -0.25) is 0 Å². The third kappa shape index (κ3) is 3.83. The number of allylic oxidation sites excluding steroid dienone is 2. The van der Waals surface area contributed by atoms with Crippen molar-refractivity contribution in [2.45, 2.75) is 97.2 Å². The van der Waals surface area contributed by atoms with Crippen molar-refractivity contribution < 1.29 is 5.11 Å². The molecule has 0 saturated heterocycles. The van der Waals surface area contributed by atoms with Crippen LogP contribution in [-0.4, -0.2) is 42.9 Å². The lowest BCUT2D eigenvalue weighted by Gasteiger charge is -2.63. The number of fused-ring (bicyclic) bond motifs is 5. The van der Waals surface area contributed by atoms with Crippen LogP contribution in [0.4, 0.5) is 0 Å². The Morgan fingerprint density at radius 3 is 2.61 bits per heavy atom. The summed E-state index contributed by atoms with van der Waals surface area (Å²) in [6.07, 6.45) is 10.9. The van der Waals surface area contributed by atoms with E-state index in [4.69, 9.17) is 0 Å². The number of nitroso groups, excluding NO2 is 1. The molecule has 0 radical (unpaired) electrons. The molecule has 5 unspecified atom stereocenters. The predicted octanol–water partition coefficient (Wildman–Crippen LogP) is 4.65. The van der Waals surface area contributed by atoms with Crippen molar-refractivity contribution in [3.63, 3.8) is 0 Å². The van der Waals surface area contributed by atoms with Crippen molar-refractivity contribution in [3.05, 3.63) is 16.6 Å². The molecule has 4 saturated carbocycles. The van der Waals surface area contributed by atoms with Gasteiger partial charge in [0.15, 0.2) is 0 Å². The van der Waals surface area contributed by atoms with Crippen molar-refractivity contribution >= 4 is 0 Å². The molecule has 0 aliphatic heterocycles. The third-order valence-corrected chi connectivity index (χ3v) is 10.2. The van der Waals surface area contributed by atoms with Crippen molar-refractivity contribution in [3.8, 4) is 0 Å². The molecule has 176 valence electrons. The average Bonchev–Trinajstić information content (AvgIpc) is 3.11. The zero-order chi connectivity index (χ0) is 22.2. The van der Waals surface area contributed by atoms with Crippen LogP contribution in [-0.2, 0) is 0 Å². The Labute approximate surface area is 189 Å². The monoisotopic (exact) mass is 431 g/mol. The molecule has 5 heteroatoms. The summed E-state index contributed by atoms with van der Waals surface area (Å²) in [6.45, 7) is 12.2. The molecule has 3 N–H and O–H groups in total. The van der Waals surface area contributed by atoms with Gasteiger partial charge in [0.25, 0.3) is 0 Å². The van der Waals surface area contributed by atoms with E-state index in [1.165, 1.54) is 19.3 Å². The summed E-state index contributed by atoms with van der Waals surface area (Å²) in [5, 5.41) is 22.3. The van der Waals surface area contributed by atoms with Crippen LogP contribution >= 0.6 is 0 Å². The SMILES string of the molecule is C/C=C1/CCC2C3C(CC[C@]12C)[C@@]1(C)CCC(NCCNCCC)CC1[C@@H](O)[C@@H]3N=O. The highest BCUT2D eigenvalue weighted by molar-refractivity contribution is 5.25. The Bertz CT molecular complexity index is 682. The van der Waals surface area contributed by atoms with Gasteiger partial charge in [-0.1, -0.05) is 37.6 Å². The summed E-state index contributed by atoms with van der Waals surface area (Å²) in [7, 11) is 0. The smallest absolute Gasteiger partial charge is 0.121 e. The fourth-order valence-corrected chi connectivity index (χ4v) is 8.57. The molecule has 0 aromatic rings. The van der Waals surface area contributed by atoms with E-state index in [9.17, 15) is 10.0 Å². The van der Waals surface area contributed by atoms with Gasteiger partial charge in [-0.15, -0.1) is 0 Å². The number of aliphatic hydroxyl groups is 1. The molecule has 9 atom stereocenters. The Kier molecular flexibility index (Phi) is 6.96. The molecule has 4 aliphatic carbocycles. The molecule has 0 heterocycles. The largest absolute Gasteiger partial charge is 0.390 e. The highest BCUT2D eigenvalue weighted by Crippen LogP contribution is 2.67. The van der Waals surface area contributed by atoms with Crippen LogP contribution < -0.4 is 10.6 Å². The number of nitrogens with one attached hydrogen (secondary N) is 2. The van der Waals surface area contributed by atoms with E-state index >= 15 is 0 Å². The van der Waals surface area contributed by atoms with E-state index in [1.54, 1.807) is 5.57 Å². The second-order valence-electron chi connectivity index (χ2n) is 11.5. The molecule has 0 bridgehead atoms. The van der Waals surface area contributed by atoms with Gasteiger partial charge >= 0.3 is 0 Å². The van der Waals surface area contributed by atoms with Crippen LogP contribution in [0.2, 0.25) is 0 Å². The second kappa shape index (κ2) is 9.23. The zero-order valence-electron chi connectivity index (χ0n) is 20.2. The van der Waals surface area contributed by atoms with E-state index < -0.39 is 12.1 Å². The fraction of sp³-hybridized carbons (Fsp3) is 0.923. The van der Waals surface area contributed by atoms with Gasteiger partial charge in [0.05, 0.1) is 6.10 Å². The van der Waals surface area contributed by atoms with Crippen LogP contribution in [0.3, 0.4) is 0 Å². The molecule has 5 nitrogen and oxygen atoms in total. The van der Waals surface area contributed by atoms with E-state index in [1.807, 2.05) is 0 Å². The summed E-state index contributed by atoms with van der Waals surface area (Å²) < 4.78 is 0. The standard InChI is InChI=1S/C26H45N3O2/c1-5-13-27-14-15-28-18-9-11-26(4)20-10-12-25(3)17(6-2)7-8-19(25)22(20)23(29-31)24(30)21(26)16-18/h6,18-24,27-28,30H,5,7-16H2,1-4H3/b17-6-/t18?,19?,20?,21?,22?,23-,24-,25-,26-/m1/s1. The molecular weight excluding hydrogens is 386 g/mol. The van der Waals surface area contributed by atoms with E-state index in [2.05, 4.69) is 49.6 Å². The summed E-state index contributed by atoms with van der Waals surface area (Å²) in [5.41, 5.74) is 1.91. The Balaban J connectivity index is 1.52. The summed E-state index contributed by atoms with van der Waals surface area (Å²) in [4.78, 5) is 12.2. The van der Waals surface area contributed by atoms with Crippen LogP contribution in [0.15, 0.2) is 16.8 Å².